The van der Waals surface area contributed by atoms with Crippen molar-refractivity contribution < 1.29 is 24.6 Å². The highest BCUT2D eigenvalue weighted by atomic mass is 35.5. The number of hydrogen-bond acceptors (Lipinski definition) is 4. The standard InChI is InChI=1S/C11H20NO.C8H8O3.ClH/c13-11-7-9-3-4-10(8-11)12(9)5-1-2-6-12;9-7(8(10)11)6-4-2-1-3-5-6;/h9-11,13H,1-8H2;1-5,7,9H,(H,10,11);1H/q+1;;/p-1. The Labute approximate surface area is 155 Å². The van der Waals surface area contributed by atoms with Crippen molar-refractivity contribution in [3.05, 3.63) is 35.9 Å². The molecular formula is C19H28ClNO4. The number of carbonyl (C=O) groups is 1. The molecule has 3 atom stereocenters. The number of piperidine rings is 1. The minimum atomic E-state index is -1.52. The van der Waals surface area contributed by atoms with Crippen LogP contribution in [-0.2, 0) is 4.79 Å². The van der Waals surface area contributed by atoms with E-state index >= 15 is 0 Å². The molecule has 2 bridgehead atoms. The molecule has 3 heterocycles. The molecule has 0 radical (unpaired) electrons. The number of aliphatic hydroxyl groups is 2. The number of nitrogens with zero attached hydrogens (tertiary/aromatic N) is 1. The first-order valence-electron chi connectivity index (χ1n) is 9.01. The molecule has 0 aliphatic carbocycles. The Bertz CT molecular complexity index is 546. The molecule has 6 heteroatoms. The van der Waals surface area contributed by atoms with Crippen molar-refractivity contribution in [3.8, 4) is 0 Å². The predicted molar refractivity (Wildman–Crippen MR) is 94.9 cm³/mol. The lowest BCUT2D eigenvalue weighted by Crippen LogP contribution is -2.59. The van der Waals surface area contributed by atoms with E-state index in [9.17, 15) is 15.0 Å². The number of carbonyl (C=O) groups excluding carboxylic acids is 1. The quantitative estimate of drug-likeness (QED) is 0.767. The molecule has 3 saturated heterocycles. The van der Waals surface area contributed by atoms with Gasteiger partial charge in [0.05, 0.1) is 37.2 Å². The third-order valence-corrected chi connectivity index (χ3v) is 6.11. The predicted octanol–water partition coefficient (Wildman–Crippen LogP) is 1.17. The van der Waals surface area contributed by atoms with Crippen molar-refractivity contribution in [2.45, 2.75) is 62.8 Å². The molecular weight excluding hydrogens is 342 g/mol. The molecule has 0 saturated carbocycles. The maximum absolute atomic E-state index is 10.1. The van der Waals surface area contributed by atoms with Gasteiger partial charge < -0.3 is 24.6 Å². The van der Waals surface area contributed by atoms with E-state index in [-0.39, 0.29) is 18.5 Å². The van der Waals surface area contributed by atoms with Gasteiger partial charge in [-0.05, 0) is 5.56 Å². The molecule has 0 amide bonds. The van der Waals surface area contributed by atoms with Crippen LogP contribution in [0.25, 0.3) is 0 Å². The summed E-state index contributed by atoms with van der Waals surface area (Å²) in [7, 11) is 0. The SMILES string of the molecule is Cl.O=C([O-])C(O)c1ccccc1.OC1CC2CCC(C1)[N+]21CCCC1. The van der Waals surface area contributed by atoms with Gasteiger partial charge in [-0.2, -0.15) is 0 Å². The number of aliphatic carboxylic acids is 1. The highest BCUT2D eigenvalue weighted by Crippen LogP contribution is 2.45. The highest BCUT2D eigenvalue weighted by molar-refractivity contribution is 5.85. The maximum Gasteiger partial charge on any atom is 0.118 e. The number of aliphatic hydroxyl groups excluding tert-OH is 2. The summed E-state index contributed by atoms with van der Waals surface area (Å²) in [6, 6.07) is 9.77. The van der Waals surface area contributed by atoms with E-state index < -0.39 is 12.1 Å². The highest BCUT2D eigenvalue weighted by Gasteiger charge is 2.54. The average Bonchev–Trinajstić information content (AvgIpc) is 3.13. The Balaban J connectivity index is 0.000000176. The molecule has 3 fully saturated rings. The number of carboxylic acids is 1. The molecule has 3 unspecified atom stereocenters. The monoisotopic (exact) mass is 369 g/mol. The van der Waals surface area contributed by atoms with Crippen LogP contribution in [-0.4, -0.2) is 51.9 Å². The van der Waals surface area contributed by atoms with E-state index in [1.54, 1.807) is 18.2 Å². The zero-order valence-corrected chi connectivity index (χ0v) is 15.2. The summed E-state index contributed by atoms with van der Waals surface area (Å²) in [6.45, 7) is 2.84. The van der Waals surface area contributed by atoms with E-state index in [0.717, 1.165) is 24.9 Å². The maximum atomic E-state index is 10.1. The summed E-state index contributed by atoms with van der Waals surface area (Å²) in [5.41, 5.74) is 0.340. The molecule has 140 valence electrons. The van der Waals surface area contributed by atoms with Gasteiger partial charge in [0.2, 0.25) is 0 Å². The lowest BCUT2D eigenvalue weighted by atomic mass is 9.97. The molecule has 2 N–H and O–H groups in total. The zero-order valence-electron chi connectivity index (χ0n) is 14.4. The summed E-state index contributed by atoms with van der Waals surface area (Å²) >= 11 is 0. The third-order valence-electron chi connectivity index (χ3n) is 6.11. The number of halogens is 1. The summed E-state index contributed by atoms with van der Waals surface area (Å²) in [4.78, 5) is 10.1. The Kier molecular flexibility index (Phi) is 6.86. The van der Waals surface area contributed by atoms with Gasteiger partial charge in [-0.15, -0.1) is 12.4 Å². The van der Waals surface area contributed by atoms with Gasteiger partial charge in [0.15, 0.2) is 0 Å². The topological polar surface area (TPSA) is 80.6 Å². The van der Waals surface area contributed by atoms with E-state index in [2.05, 4.69) is 0 Å². The van der Waals surface area contributed by atoms with Gasteiger partial charge >= 0.3 is 0 Å². The van der Waals surface area contributed by atoms with Crippen molar-refractivity contribution in [1.82, 2.24) is 0 Å². The first kappa shape index (κ1) is 20.2. The molecule has 4 rings (SSSR count). The van der Waals surface area contributed by atoms with Crippen LogP contribution in [0.4, 0.5) is 0 Å². The Morgan fingerprint density at radius 2 is 1.60 bits per heavy atom. The van der Waals surface area contributed by atoms with Gasteiger partial charge in [-0.3, -0.25) is 0 Å². The molecule has 1 aromatic carbocycles. The second-order valence-corrected chi connectivity index (χ2v) is 7.40. The van der Waals surface area contributed by atoms with Crippen LogP contribution in [0.2, 0.25) is 0 Å². The molecule has 25 heavy (non-hydrogen) atoms. The van der Waals surface area contributed by atoms with Crippen LogP contribution in [0.15, 0.2) is 30.3 Å². The van der Waals surface area contributed by atoms with Crippen LogP contribution in [0.1, 0.15) is 50.2 Å². The van der Waals surface area contributed by atoms with Gasteiger partial charge in [-0.1, -0.05) is 30.3 Å². The van der Waals surface area contributed by atoms with Gasteiger partial charge in [-0.25, -0.2) is 0 Å². The van der Waals surface area contributed by atoms with Gasteiger partial charge in [0, 0.05) is 38.5 Å². The number of carboxylic acid groups (broad SMARTS) is 1. The van der Waals surface area contributed by atoms with Crippen LogP contribution < -0.4 is 5.11 Å². The fourth-order valence-corrected chi connectivity index (χ4v) is 5.00. The zero-order chi connectivity index (χ0) is 17.2. The minimum Gasteiger partial charge on any atom is -0.547 e. The molecule has 5 nitrogen and oxygen atoms in total. The Hall–Kier alpha value is -1.14. The fraction of sp³-hybridized carbons (Fsp3) is 0.632. The molecule has 1 spiro atoms. The van der Waals surface area contributed by atoms with Crippen LogP contribution in [0.5, 0.6) is 0 Å². The second-order valence-electron chi connectivity index (χ2n) is 7.40. The number of rotatable bonds is 2. The van der Waals surface area contributed by atoms with Crippen molar-refractivity contribution in [2.75, 3.05) is 13.1 Å². The van der Waals surface area contributed by atoms with E-state index in [0.29, 0.717) is 5.56 Å². The van der Waals surface area contributed by atoms with Gasteiger partial charge in [0.25, 0.3) is 0 Å². The normalized spacial score (nSPS) is 30.1. The first-order valence-corrected chi connectivity index (χ1v) is 9.01. The Morgan fingerprint density at radius 1 is 1.08 bits per heavy atom. The van der Waals surface area contributed by atoms with Crippen LogP contribution in [0, 0.1) is 0 Å². The Morgan fingerprint density at radius 3 is 2.08 bits per heavy atom. The number of benzene rings is 1. The second kappa shape index (κ2) is 8.49. The number of hydrogen-bond donors (Lipinski definition) is 2. The first-order chi connectivity index (χ1) is 11.5. The third kappa shape index (κ3) is 4.17. The lowest BCUT2D eigenvalue weighted by molar-refractivity contribution is -0.956. The van der Waals surface area contributed by atoms with Crippen LogP contribution >= 0.6 is 12.4 Å². The summed E-state index contributed by atoms with van der Waals surface area (Å²) in [6.07, 6.45) is 6.35. The summed E-state index contributed by atoms with van der Waals surface area (Å²) in [5, 5.41) is 28.8. The lowest BCUT2D eigenvalue weighted by Gasteiger charge is -2.46. The van der Waals surface area contributed by atoms with Crippen molar-refractivity contribution >= 4 is 18.4 Å². The van der Waals surface area contributed by atoms with E-state index in [1.807, 2.05) is 0 Å². The molecule has 1 aromatic rings. The summed E-state index contributed by atoms with van der Waals surface area (Å²) < 4.78 is 1.41. The molecule has 3 aliphatic heterocycles. The minimum absolute atomic E-state index is 0. The average molecular weight is 370 g/mol. The molecule has 3 aliphatic rings. The fourth-order valence-electron chi connectivity index (χ4n) is 5.00. The largest absolute Gasteiger partial charge is 0.547 e. The van der Waals surface area contributed by atoms with Gasteiger partial charge in [0.1, 0.15) is 6.10 Å². The van der Waals surface area contributed by atoms with Crippen molar-refractivity contribution in [1.29, 1.82) is 0 Å². The van der Waals surface area contributed by atoms with E-state index in [4.69, 9.17) is 5.11 Å². The van der Waals surface area contributed by atoms with Crippen LogP contribution in [0.3, 0.4) is 0 Å². The summed E-state index contributed by atoms with van der Waals surface area (Å²) in [5.74, 6) is -1.48. The smallest absolute Gasteiger partial charge is 0.118 e. The number of quaternary nitrogens is 1. The molecule has 0 aromatic heterocycles. The van der Waals surface area contributed by atoms with Crippen molar-refractivity contribution in [3.63, 3.8) is 0 Å². The van der Waals surface area contributed by atoms with E-state index in [1.165, 1.54) is 55.4 Å². The van der Waals surface area contributed by atoms with Crippen molar-refractivity contribution in [2.24, 2.45) is 0 Å².